The third-order valence-electron chi connectivity index (χ3n) is 2.36. The summed E-state index contributed by atoms with van der Waals surface area (Å²) in [4.78, 5) is 11.6. The number of nitrogens with zero attached hydrogens (tertiary/aromatic N) is 1. The van der Waals surface area contributed by atoms with E-state index in [-0.39, 0.29) is 0 Å². The molecule has 2 aromatic rings. The van der Waals surface area contributed by atoms with Crippen LogP contribution in [-0.2, 0) is 4.74 Å². The van der Waals surface area contributed by atoms with Crippen molar-refractivity contribution in [3.05, 3.63) is 47.1 Å². The lowest BCUT2D eigenvalue weighted by Crippen LogP contribution is -2.16. The van der Waals surface area contributed by atoms with Crippen molar-refractivity contribution in [2.45, 2.75) is 13.0 Å². The first-order chi connectivity index (χ1) is 8.66. The molecule has 0 aliphatic rings. The molecular weight excluding hydrogens is 254 g/mol. The van der Waals surface area contributed by atoms with E-state index in [1.54, 1.807) is 19.1 Å². The van der Waals surface area contributed by atoms with Crippen molar-refractivity contribution in [2.75, 3.05) is 5.32 Å². The van der Waals surface area contributed by atoms with E-state index in [2.05, 4.69) is 15.5 Å². The highest BCUT2D eigenvalue weighted by Gasteiger charge is 2.14. The number of rotatable bonds is 3. The number of benzene rings is 1. The molecule has 5 nitrogen and oxygen atoms in total. The lowest BCUT2D eigenvalue weighted by molar-refractivity contribution is 0.121. The van der Waals surface area contributed by atoms with E-state index in [4.69, 9.17) is 16.3 Å². The summed E-state index contributed by atoms with van der Waals surface area (Å²) in [5.41, 5.74) is 0.763. The number of carbonyl (C=O) groups is 1. The van der Waals surface area contributed by atoms with Gasteiger partial charge in [0.1, 0.15) is 11.9 Å². The Labute approximate surface area is 109 Å². The fraction of sp³-hybridized carbons (Fsp3) is 0.167. The zero-order chi connectivity index (χ0) is 13.0. The van der Waals surface area contributed by atoms with Gasteiger partial charge in [0.15, 0.2) is 0 Å². The Balaban J connectivity index is 1.97. The van der Waals surface area contributed by atoms with Gasteiger partial charge >= 0.3 is 6.09 Å². The summed E-state index contributed by atoms with van der Waals surface area (Å²) in [7, 11) is 0. The first-order valence-corrected chi connectivity index (χ1v) is 5.76. The number of carbonyl (C=O) groups excluding carboxylic acids is 1. The van der Waals surface area contributed by atoms with Gasteiger partial charge in [-0.25, -0.2) is 4.79 Å². The maximum Gasteiger partial charge on any atom is 0.413 e. The minimum atomic E-state index is -0.563. The predicted molar refractivity (Wildman–Crippen MR) is 68.6 cm³/mol. The highest BCUT2D eigenvalue weighted by Crippen LogP contribution is 2.25. The fourth-order valence-electron chi connectivity index (χ4n) is 1.49. The summed E-state index contributed by atoms with van der Waals surface area (Å²) in [6.07, 6.45) is 0.543. The van der Waals surface area contributed by atoms with Crippen LogP contribution in [-0.4, -0.2) is 16.3 Å². The molecule has 1 heterocycles. The molecule has 2 rings (SSSR count). The van der Waals surface area contributed by atoms with Crippen molar-refractivity contribution in [1.82, 2.24) is 10.2 Å². The summed E-state index contributed by atoms with van der Waals surface area (Å²) in [6.45, 7) is 1.76. The zero-order valence-corrected chi connectivity index (χ0v) is 10.4. The van der Waals surface area contributed by atoms with Crippen molar-refractivity contribution in [3.8, 4) is 0 Å². The Hall–Kier alpha value is -2.01. The van der Waals surface area contributed by atoms with Crippen LogP contribution in [0.5, 0.6) is 0 Å². The van der Waals surface area contributed by atoms with Crippen LogP contribution in [0.1, 0.15) is 18.6 Å². The van der Waals surface area contributed by atoms with E-state index in [0.717, 1.165) is 5.56 Å². The maximum atomic E-state index is 11.6. The number of amides is 1. The Kier molecular flexibility index (Phi) is 3.84. The predicted octanol–water partition coefficient (Wildman–Crippen LogP) is 3.37. The molecule has 94 valence electrons. The van der Waals surface area contributed by atoms with Gasteiger partial charge in [-0.15, -0.1) is 0 Å². The second kappa shape index (κ2) is 5.55. The molecule has 0 spiro atoms. The molecule has 1 amide bonds. The van der Waals surface area contributed by atoms with Gasteiger partial charge in [-0.3, -0.25) is 10.4 Å². The number of H-pyrrole nitrogens is 1. The lowest BCUT2D eigenvalue weighted by Gasteiger charge is -2.14. The molecule has 0 radical (unpaired) electrons. The van der Waals surface area contributed by atoms with Gasteiger partial charge in [0, 0.05) is 16.7 Å². The van der Waals surface area contributed by atoms with E-state index in [9.17, 15) is 4.79 Å². The molecule has 0 fully saturated rings. The summed E-state index contributed by atoms with van der Waals surface area (Å²) in [6, 6.07) is 8.86. The van der Waals surface area contributed by atoms with Crippen molar-refractivity contribution in [1.29, 1.82) is 0 Å². The zero-order valence-electron chi connectivity index (χ0n) is 9.68. The van der Waals surface area contributed by atoms with Gasteiger partial charge < -0.3 is 4.74 Å². The molecule has 1 aromatic heterocycles. The highest BCUT2D eigenvalue weighted by atomic mass is 35.5. The SMILES string of the molecule is CC(OC(=O)Nc1ccn[nH]1)c1ccccc1Cl. The van der Waals surface area contributed by atoms with Crippen LogP contribution < -0.4 is 5.32 Å². The standard InChI is InChI=1S/C12H12ClN3O2/c1-8(9-4-2-3-5-10(9)13)18-12(17)15-11-6-7-14-16-11/h2-8H,1H3,(H2,14,15,16,17). The second-order valence-electron chi connectivity index (χ2n) is 3.66. The lowest BCUT2D eigenvalue weighted by atomic mass is 10.1. The van der Waals surface area contributed by atoms with Gasteiger partial charge in [0.05, 0.1) is 6.20 Å². The van der Waals surface area contributed by atoms with E-state index >= 15 is 0 Å². The molecule has 2 N–H and O–H groups in total. The number of anilines is 1. The van der Waals surface area contributed by atoms with E-state index in [0.29, 0.717) is 10.8 Å². The van der Waals surface area contributed by atoms with Crippen LogP contribution in [0.3, 0.4) is 0 Å². The summed E-state index contributed by atoms with van der Waals surface area (Å²) < 4.78 is 5.21. The van der Waals surface area contributed by atoms with E-state index < -0.39 is 12.2 Å². The van der Waals surface area contributed by atoms with Crippen LogP contribution in [0.25, 0.3) is 0 Å². The number of aromatic amines is 1. The maximum absolute atomic E-state index is 11.6. The quantitative estimate of drug-likeness (QED) is 0.894. The summed E-state index contributed by atoms with van der Waals surface area (Å²) >= 11 is 6.02. The number of halogens is 1. The fourth-order valence-corrected chi connectivity index (χ4v) is 1.78. The molecular formula is C12H12ClN3O2. The van der Waals surface area contributed by atoms with Gasteiger partial charge in [0.2, 0.25) is 0 Å². The molecule has 0 saturated heterocycles. The van der Waals surface area contributed by atoms with Crippen molar-refractivity contribution < 1.29 is 9.53 Å². The van der Waals surface area contributed by atoms with Crippen LogP contribution in [0.4, 0.5) is 10.6 Å². The highest BCUT2D eigenvalue weighted by molar-refractivity contribution is 6.31. The molecule has 6 heteroatoms. The molecule has 18 heavy (non-hydrogen) atoms. The van der Waals surface area contributed by atoms with Gasteiger partial charge in [0.25, 0.3) is 0 Å². The van der Waals surface area contributed by atoms with E-state index in [1.165, 1.54) is 6.20 Å². The van der Waals surface area contributed by atoms with Crippen LogP contribution in [0, 0.1) is 0 Å². The average Bonchev–Trinajstić information content (AvgIpc) is 2.82. The smallest absolute Gasteiger partial charge is 0.413 e. The number of aromatic nitrogens is 2. The summed E-state index contributed by atoms with van der Waals surface area (Å²) in [5, 5.41) is 9.40. The van der Waals surface area contributed by atoms with Crippen molar-refractivity contribution in [2.24, 2.45) is 0 Å². The second-order valence-corrected chi connectivity index (χ2v) is 4.07. The Morgan fingerprint density at radius 3 is 2.89 bits per heavy atom. The van der Waals surface area contributed by atoms with E-state index in [1.807, 2.05) is 18.2 Å². The van der Waals surface area contributed by atoms with Crippen LogP contribution in [0.15, 0.2) is 36.5 Å². The van der Waals surface area contributed by atoms with Gasteiger partial charge in [-0.05, 0) is 13.0 Å². The number of hydrogen-bond donors (Lipinski definition) is 2. The third-order valence-corrected chi connectivity index (χ3v) is 2.71. The molecule has 1 aromatic carbocycles. The number of nitrogens with one attached hydrogen (secondary N) is 2. The molecule has 0 bridgehead atoms. The summed E-state index contributed by atoms with van der Waals surface area (Å²) in [5.74, 6) is 0.478. The average molecular weight is 266 g/mol. The monoisotopic (exact) mass is 265 g/mol. The topological polar surface area (TPSA) is 67.0 Å². The van der Waals surface area contributed by atoms with Gasteiger partial charge in [-0.1, -0.05) is 29.8 Å². The number of ether oxygens (including phenoxy) is 1. The third kappa shape index (κ3) is 3.01. The Bertz CT molecular complexity index is 528. The first-order valence-electron chi connectivity index (χ1n) is 5.38. The van der Waals surface area contributed by atoms with Gasteiger partial charge in [-0.2, -0.15) is 5.10 Å². The normalized spacial score (nSPS) is 11.9. The molecule has 0 saturated carbocycles. The number of hydrogen-bond acceptors (Lipinski definition) is 3. The molecule has 1 unspecified atom stereocenters. The molecule has 1 atom stereocenters. The van der Waals surface area contributed by atoms with Crippen molar-refractivity contribution >= 4 is 23.5 Å². The Morgan fingerprint density at radius 1 is 1.44 bits per heavy atom. The minimum absolute atomic E-state index is 0.429. The first kappa shape index (κ1) is 12.4. The largest absolute Gasteiger partial charge is 0.441 e. The Morgan fingerprint density at radius 2 is 2.22 bits per heavy atom. The van der Waals surface area contributed by atoms with Crippen LogP contribution in [0.2, 0.25) is 5.02 Å². The molecule has 0 aliphatic carbocycles. The minimum Gasteiger partial charge on any atom is -0.441 e. The van der Waals surface area contributed by atoms with Crippen molar-refractivity contribution in [3.63, 3.8) is 0 Å². The van der Waals surface area contributed by atoms with Crippen LogP contribution >= 0.6 is 11.6 Å². The molecule has 0 aliphatic heterocycles.